The first-order valence-corrected chi connectivity index (χ1v) is 8.88. The van der Waals surface area contributed by atoms with Crippen LogP contribution in [0.5, 0.6) is 0 Å². The molecule has 2 aromatic rings. The molecule has 1 fully saturated rings. The van der Waals surface area contributed by atoms with Gasteiger partial charge in [0.15, 0.2) is 0 Å². The van der Waals surface area contributed by atoms with Crippen molar-refractivity contribution in [3.05, 3.63) is 47.2 Å². The van der Waals surface area contributed by atoms with Crippen molar-refractivity contribution in [2.45, 2.75) is 32.5 Å². The zero-order chi connectivity index (χ0) is 18.7. The summed E-state index contributed by atoms with van der Waals surface area (Å²) >= 11 is 0. The van der Waals surface area contributed by atoms with Gasteiger partial charge < -0.3 is 15.2 Å². The van der Waals surface area contributed by atoms with E-state index in [0.29, 0.717) is 31.1 Å². The topological polar surface area (TPSA) is 79.6 Å². The quantitative estimate of drug-likeness (QED) is 0.819. The smallest absolute Gasteiger partial charge is 0.256 e. The molecule has 2 atom stereocenters. The van der Waals surface area contributed by atoms with Crippen LogP contribution in [0, 0.1) is 6.92 Å². The first-order chi connectivity index (χ1) is 12.5. The lowest BCUT2D eigenvalue weighted by atomic mass is 10.1. The average molecular weight is 358 g/mol. The van der Waals surface area contributed by atoms with Gasteiger partial charge in [0, 0.05) is 24.7 Å². The van der Waals surface area contributed by atoms with Crippen LogP contribution in [0.2, 0.25) is 0 Å². The van der Waals surface area contributed by atoms with Crippen LogP contribution < -0.4 is 5.32 Å². The Balaban J connectivity index is 1.72. The number of aliphatic hydroxyl groups excluding tert-OH is 1. The van der Waals surface area contributed by atoms with Gasteiger partial charge in [-0.1, -0.05) is 19.1 Å². The fourth-order valence-electron chi connectivity index (χ4n) is 3.30. The third-order valence-corrected chi connectivity index (χ3v) is 4.83. The second-order valence-corrected chi connectivity index (χ2v) is 6.69. The van der Waals surface area contributed by atoms with Gasteiger partial charge in [0.1, 0.15) is 5.82 Å². The van der Waals surface area contributed by atoms with Crippen molar-refractivity contribution in [3.63, 3.8) is 0 Å². The highest BCUT2D eigenvalue weighted by Gasteiger charge is 2.30. The molecular weight excluding hydrogens is 332 g/mol. The van der Waals surface area contributed by atoms with E-state index < -0.39 is 6.10 Å². The first kappa shape index (κ1) is 18.6. The van der Waals surface area contributed by atoms with Gasteiger partial charge in [-0.2, -0.15) is 5.10 Å². The number of benzene rings is 1. The lowest BCUT2D eigenvalue weighted by Crippen LogP contribution is -2.42. The van der Waals surface area contributed by atoms with E-state index in [1.165, 1.54) is 0 Å². The third kappa shape index (κ3) is 3.95. The average Bonchev–Trinajstić information content (AvgIpc) is 3.20. The van der Waals surface area contributed by atoms with Gasteiger partial charge in [0.2, 0.25) is 0 Å². The predicted molar refractivity (Wildman–Crippen MR) is 99.0 cm³/mol. The monoisotopic (exact) mass is 358 g/mol. The highest BCUT2D eigenvalue weighted by molar-refractivity contribution is 6.04. The fourth-order valence-corrected chi connectivity index (χ4v) is 3.30. The van der Waals surface area contributed by atoms with Gasteiger partial charge in [-0.05, 0) is 31.2 Å². The Labute approximate surface area is 153 Å². The number of hydrogen-bond acceptors (Lipinski definition) is 5. The first-order valence-electron chi connectivity index (χ1n) is 8.88. The molecule has 140 valence electrons. The van der Waals surface area contributed by atoms with Crippen LogP contribution in [-0.2, 0) is 18.3 Å². The molecule has 2 N–H and O–H groups in total. The SMILES string of the molecule is CCN(Cc1cccc(C(=O)Nc2c(C)cnn2C)c1)[C@@H]1COC[C@H]1O. The van der Waals surface area contributed by atoms with E-state index in [1.54, 1.807) is 24.0 Å². The number of likely N-dealkylation sites (N-methyl/N-ethyl adjacent to an activating group) is 1. The van der Waals surface area contributed by atoms with E-state index in [9.17, 15) is 9.90 Å². The molecule has 1 aromatic heterocycles. The van der Waals surface area contributed by atoms with Gasteiger partial charge in [0.25, 0.3) is 5.91 Å². The van der Waals surface area contributed by atoms with Crippen LogP contribution in [0.25, 0.3) is 0 Å². The molecule has 1 amide bonds. The zero-order valence-corrected chi connectivity index (χ0v) is 15.5. The van der Waals surface area contributed by atoms with E-state index >= 15 is 0 Å². The third-order valence-electron chi connectivity index (χ3n) is 4.83. The molecule has 1 aliphatic rings. The number of anilines is 1. The highest BCUT2D eigenvalue weighted by atomic mass is 16.5. The Morgan fingerprint density at radius 2 is 2.27 bits per heavy atom. The maximum Gasteiger partial charge on any atom is 0.256 e. The van der Waals surface area contributed by atoms with E-state index in [1.807, 2.05) is 25.1 Å². The summed E-state index contributed by atoms with van der Waals surface area (Å²) in [5, 5.41) is 17.1. The van der Waals surface area contributed by atoms with Crippen molar-refractivity contribution in [2.75, 3.05) is 25.1 Å². The highest BCUT2D eigenvalue weighted by Crippen LogP contribution is 2.18. The summed E-state index contributed by atoms with van der Waals surface area (Å²) in [5.41, 5.74) is 2.55. The molecule has 0 bridgehead atoms. The molecule has 0 spiro atoms. The molecule has 1 saturated heterocycles. The van der Waals surface area contributed by atoms with Crippen molar-refractivity contribution in [1.82, 2.24) is 14.7 Å². The molecule has 3 rings (SSSR count). The summed E-state index contributed by atoms with van der Waals surface area (Å²) in [5.74, 6) is 0.535. The van der Waals surface area contributed by atoms with Gasteiger partial charge >= 0.3 is 0 Å². The van der Waals surface area contributed by atoms with Gasteiger partial charge in [-0.25, -0.2) is 0 Å². The maximum atomic E-state index is 12.6. The minimum Gasteiger partial charge on any atom is -0.389 e. The Morgan fingerprint density at radius 3 is 2.88 bits per heavy atom. The maximum absolute atomic E-state index is 12.6. The van der Waals surface area contributed by atoms with Gasteiger partial charge in [0.05, 0.1) is 31.6 Å². The number of rotatable bonds is 6. The zero-order valence-electron chi connectivity index (χ0n) is 15.5. The van der Waals surface area contributed by atoms with Crippen molar-refractivity contribution >= 4 is 11.7 Å². The van der Waals surface area contributed by atoms with Crippen LogP contribution in [0.1, 0.15) is 28.4 Å². The number of amides is 1. The predicted octanol–water partition coefficient (Wildman–Crippen LogP) is 1.56. The second kappa shape index (κ2) is 7.99. The second-order valence-electron chi connectivity index (χ2n) is 6.69. The minimum atomic E-state index is -0.464. The number of ether oxygens (including phenoxy) is 1. The van der Waals surface area contributed by atoms with Crippen LogP contribution in [0.4, 0.5) is 5.82 Å². The van der Waals surface area contributed by atoms with Crippen molar-refractivity contribution in [1.29, 1.82) is 0 Å². The van der Waals surface area contributed by atoms with E-state index in [2.05, 4.69) is 22.2 Å². The Bertz CT molecular complexity index is 754. The largest absolute Gasteiger partial charge is 0.389 e. The van der Waals surface area contributed by atoms with Crippen molar-refractivity contribution in [2.24, 2.45) is 7.05 Å². The molecule has 0 saturated carbocycles. The summed E-state index contributed by atoms with van der Waals surface area (Å²) < 4.78 is 7.02. The van der Waals surface area contributed by atoms with Crippen LogP contribution in [0.15, 0.2) is 30.5 Å². The number of carbonyl (C=O) groups is 1. The molecule has 0 unspecified atom stereocenters. The molecule has 7 heteroatoms. The Kier molecular flexibility index (Phi) is 5.70. The van der Waals surface area contributed by atoms with Crippen molar-refractivity contribution < 1.29 is 14.6 Å². The summed E-state index contributed by atoms with van der Waals surface area (Å²) in [6.45, 7) is 6.35. The van der Waals surface area contributed by atoms with Gasteiger partial charge in [-0.15, -0.1) is 0 Å². The molecule has 0 aliphatic carbocycles. The van der Waals surface area contributed by atoms with Crippen LogP contribution >= 0.6 is 0 Å². The number of carbonyl (C=O) groups excluding carboxylic acids is 1. The summed E-state index contributed by atoms with van der Waals surface area (Å²) in [7, 11) is 1.80. The Hall–Kier alpha value is -2.22. The Morgan fingerprint density at radius 1 is 1.46 bits per heavy atom. The standard InChI is InChI=1S/C19H26N4O3/c1-4-23(16-11-26-12-17(16)24)10-14-6-5-7-15(8-14)19(25)21-18-13(2)9-20-22(18)3/h5-9,16-17,24H,4,10-12H2,1-3H3,(H,21,25)/t16-,17-/m1/s1. The van der Waals surface area contributed by atoms with Gasteiger partial charge in [-0.3, -0.25) is 14.4 Å². The van der Waals surface area contributed by atoms with E-state index in [-0.39, 0.29) is 11.9 Å². The van der Waals surface area contributed by atoms with Crippen LogP contribution in [-0.4, -0.2) is 57.6 Å². The molecule has 2 heterocycles. The molecular formula is C19H26N4O3. The van der Waals surface area contributed by atoms with Crippen molar-refractivity contribution in [3.8, 4) is 0 Å². The normalized spacial score (nSPS) is 19.9. The number of aromatic nitrogens is 2. The fraction of sp³-hybridized carbons (Fsp3) is 0.474. The lowest BCUT2D eigenvalue weighted by Gasteiger charge is -2.28. The molecule has 1 aromatic carbocycles. The summed E-state index contributed by atoms with van der Waals surface area (Å²) in [4.78, 5) is 14.8. The summed E-state index contributed by atoms with van der Waals surface area (Å²) in [6.07, 6.45) is 1.26. The van der Waals surface area contributed by atoms with E-state index in [4.69, 9.17) is 4.74 Å². The molecule has 1 aliphatic heterocycles. The van der Waals surface area contributed by atoms with E-state index in [0.717, 1.165) is 17.7 Å². The molecule has 26 heavy (non-hydrogen) atoms. The number of hydrogen-bond donors (Lipinski definition) is 2. The summed E-state index contributed by atoms with van der Waals surface area (Å²) in [6, 6.07) is 7.57. The number of nitrogens with one attached hydrogen (secondary N) is 1. The van der Waals surface area contributed by atoms with Crippen LogP contribution in [0.3, 0.4) is 0 Å². The number of aliphatic hydroxyl groups is 1. The number of nitrogens with zero attached hydrogens (tertiary/aromatic N) is 3. The number of aryl methyl sites for hydroxylation is 2. The lowest BCUT2D eigenvalue weighted by molar-refractivity contribution is 0.0807. The molecule has 0 radical (unpaired) electrons. The molecule has 7 nitrogen and oxygen atoms in total. The minimum absolute atomic E-state index is 0.00502.